The summed E-state index contributed by atoms with van der Waals surface area (Å²) >= 11 is 0. The molecule has 0 amide bonds. The lowest BCUT2D eigenvalue weighted by atomic mass is 10.8. The van der Waals surface area contributed by atoms with Gasteiger partial charge in [-0.3, -0.25) is 0 Å². The smallest absolute Gasteiger partial charge is 0.450 e. The first-order valence-corrected chi connectivity index (χ1v) is 3.31. The molecular weight excluding hydrogens is 184 g/mol. The first-order chi connectivity index (χ1) is 6.16. The lowest BCUT2D eigenvalue weighted by molar-refractivity contribution is -0.0329. The van der Waals surface area contributed by atoms with Crippen LogP contribution < -0.4 is 0 Å². The van der Waals surface area contributed by atoms with Crippen molar-refractivity contribution >= 4 is 12.3 Å². The van der Waals surface area contributed by atoms with E-state index in [4.69, 9.17) is 5.11 Å². The molecule has 0 aromatic rings. The molecule has 76 valence electrons. The van der Waals surface area contributed by atoms with Crippen molar-refractivity contribution in [2.24, 2.45) is 0 Å². The number of methoxy groups -OCH3 is 1. The summed E-state index contributed by atoms with van der Waals surface area (Å²) in [4.78, 5) is 20.3. The van der Waals surface area contributed by atoms with Gasteiger partial charge in [-0.2, -0.15) is 0 Å². The van der Waals surface area contributed by atoms with Gasteiger partial charge in [0.2, 0.25) is 6.79 Å². The van der Waals surface area contributed by atoms with Crippen LogP contribution in [0.2, 0.25) is 0 Å². The van der Waals surface area contributed by atoms with Crippen molar-refractivity contribution < 1.29 is 33.6 Å². The van der Waals surface area contributed by atoms with Crippen LogP contribution >= 0.6 is 0 Å². The zero-order valence-corrected chi connectivity index (χ0v) is 7.02. The Morgan fingerprint density at radius 1 is 1.15 bits per heavy atom. The largest absolute Gasteiger partial charge is 0.511 e. The number of hydrogen-bond acceptors (Lipinski definition) is 6. The Hall–Kier alpha value is -1.50. The lowest BCUT2D eigenvalue weighted by Gasteiger charge is -2.04. The maximum absolute atomic E-state index is 10.5. The van der Waals surface area contributed by atoms with Gasteiger partial charge in [-0.1, -0.05) is 0 Å². The fraction of sp³-hybridized carbons (Fsp3) is 0.667. The van der Waals surface area contributed by atoms with Crippen molar-refractivity contribution in [3.05, 3.63) is 0 Å². The first kappa shape index (κ1) is 11.5. The van der Waals surface area contributed by atoms with Crippen molar-refractivity contribution in [3.8, 4) is 0 Å². The van der Waals surface area contributed by atoms with Crippen LogP contribution in [0.25, 0.3) is 0 Å². The van der Waals surface area contributed by atoms with E-state index in [-0.39, 0.29) is 13.2 Å². The molecule has 0 atom stereocenters. The highest BCUT2D eigenvalue weighted by molar-refractivity contribution is 5.60. The number of hydrogen-bond donors (Lipinski definition) is 1. The van der Waals surface area contributed by atoms with E-state index in [1.165, 1.54) is 7.11 Å². The topological polar surface area (TPSA) is 91.3 Å². The summed E-state index contributed by atoms with van der Waals surface area (Å²) in [6.45, 7) is -0.390. The summed E-state index contributed by atoms with van der Waals surface area (Å²) in [6, 6.07) is 0. The third-order valence-corrected chi connectivity index (χ3v) is 0.867. The Kier molecular flexibility index (Phi) is 6.34. The molecule has 0 aromatic heterocycles. The average molecular weight is 194 g/mol. The zero-order valence-electron chi connectivity index (χ0n) is 7.02. The molecule has 7 nitrogen and oxygen atoms in total. The summed E-state index contributed by atoms with van der Waals surface area (Å²) < 4.78 is 17.0. The standard InChI is InChI=1S/C6H10O7/c1-10-2-3-11-6(9)13-4-12-5(7)8/h2-4H2,1H3,(H,7,8). The van der Waals surface area contributed by atoms with Gasteiger partial charge >= 0.3 is 12.3 Å². The zero-order chi connectivity index (χ0) is 10.1. The van der Waals surface area contributed by atoms with Crippen molar-refractivity contribution in [1.82, 2.24) is 0 Å². The van der Waals surface area contributed by atoms with Crippen LogP contribution in [0.3, 0.4) is 0 Å². The Bertz CT molecular complexity index is 166. The highest BCUT2D eigenvalue weighted by atomic mass is 16.8. The molecule has 0 heterocycles. The van der Waals surface area contributed by atoms with Gasteiger partial charge in [0, 0.05) is 7.11 Å². The molecule has 7 heteroatoms. The highest BCUT2D eigenvalue weighted by Gasteiger charge is 2.04. The van der Waals surface area contributed by atoms with E-state index < -0.39 is 19.1 Å². The summed E-state index contributed by atoms with van der Waals surface area (Å²) in [7, 11) is 1.45. The quantitative estimate of drug-likeness (QED) is 0.385. The second-order valence-electron chi connectivity index (χ2n) is 1.76. The predicted molar refractivity (Wildman–Crippen MR) is 38.3 cm³/mol. The Morgan fingerprint density at radius 2 is 1.85 bits per heavy atom. The van der Waals surface area contributed by atoms with Gasteiger partial charge in [-0.25, -0.2) is 9.59 Å². The second kappa shape index (κ2) is 7.17. The van der Waals surface area contributed by atoms with E-state index in [2.05, 4.69) is 18.9 Å². The molecule has 0 saturated carbocycles. The second-order valence-corrected chi connectivity index (χ2v) is 1.76. The number of ether oxygens (including phenoxy) is 4. The molecule has 0 unspecified atom stereocenters. The third kappa shape index (κ3) is 8.41. The molecule has 0 fully saturated rings. The van der Waals surface area contributed by atoms with Gasteiger partial charge in [0.15, 0.2) is 0 Å². The fourth-order valence-electron chi connectivity index (χ4n) is 0.378. The molecule has 1 N–H and O–H groups in total. The molecular formula is C6H10O7. The van der Waals surface area contributed by atoms with E-state index >= 15 is 0 Å². The third-order valence-electron chi connectivity index (χ3n) is 0.867. The Balaban J connectivity index is 3.25. The average Bonchev–Trinajstić information content (AvgIpc) is 2.04. The Morgan fingerprint density at radius 3 is 2.38 bits per heavy atom. The number of carbonyl (C=O) groups excluding carboxylic acids is 1. The molecule has 0 aliphatic carbocycles. The lowest BCUT2D eigenvalue weighted by Crippen LogP contribution is -2.14. The van der Waals surface area contributed by atoms with Crippen molar-refractivity contribution in [2.75, 3.05) is 27.1 Å². The summed E-state index contributed by atoms with van der Waals surface area (Å²) in [5.41, 5.74) is 0. The highest BCUT2D eigenvalue weighted by Crippen LogP contribution is 1.86. The van der Waals surface area contributed by atoms with Crippen LogP contribution in [0, 0.1) is 0 Å². The molecule has 0 aliphatic heterocycles. The summed E-state index contributed by atoms with van der Waals surface area (Å²) in [6.07, 6.45) is -2.53. The van der Waals surface area contributed by atoms with Crippen molar-refractivity contribution in [3.63, 3.8) is 0 Å². The van der Waals surface area contributed by atoms with E-state index in [9.17, 15) is 9.59 Å². The summed E-state index contributed by atoms with van der Waals surface area (Å²) in [5, 5.41) is 7.97. The molecule has 0 aliphatic rings. The minimum Gasteiger partial charge on any atom is -0.450 e. The number of carbonyl (C=O) groups is 2. The van der Waals surface area contributed by atoms with Gasteiger partial charge in [-0.15, -0.1) is 0 Å². The van der Waals surface area contributed by atoms with Gasteiger partial charge in [0.05, 0.1) is 6.61 Å². The first-order valence-electron chi connectivity index (χ1n) is 3.31. The molecule has 0 spiro atoms. The van der Waals surface area contributed by atoms with Crippen LogP contribution in [0.1, 0.15) is 0 Å². The minimum atomic E-state index is -1.52. The molecule has 0 rings (SSSR count). The maximum Gasteiger partial charge on any atom is 0.511 e. The van der Waals surface area contributed by atoms with Gasteiger partial charge < -0.3 is 24.1 Å². The van der Waals surface area contributed by atoms with E-state index in [1.807, 2.05) is 0 Å². The molecule has 0 saturated heterocycles. The van der Waals surface area contributed by atoms with Gasteiger partial charge in [-0.05, 0) is 0 Å². The van der Waals surface area contributed by atoms with Gasteiger partial charge in [0.1, 0.15) is 6.61 Å². The number of carboxylic acid groups (broad SMARTS) is 1. The van der Waals surface area contributed by atoms with Crippen molar-refractivity contribution in [2.45, 2.75) is 0 Å². The van der Waals surface area contributed by atoms with Crippen LogP contribution in [-0.4, -0.2) is 44.5 Å². The number of rotatable bonds is 5. The minimum absolute atomic E-state index is 0.0441. The normalized spacial score (nSPS) is 9.00. The summed E-state index contributed by atoms with van der Waals surface area (Å²) in [5.74, 6) is 0. The molecule has 0 radical (unpaired) electrons. The monoisotopic (exact) mass is 194 g/mol. The SMILES string of the molecule is COCCOC(=O)OCOC(=O)O. The van der Waals surface area contributed by atoms with Crippen molar-refractivity contribution in [1.29, 1.82) is 0 Å². The van der Waals surface area contributed by atoms with Crippen LogP contribution in [0.15, 0.2) is 0 Å². The van der Waals surface area contributed by atoms with E-state index in [0.29, 0.717) is 0 Å². The maximum atomic E-state index is 10.5. The fourth-order valence-corrected chi connectivity index (χ4v) is 0.378. The molecule has 13 heavy (non-hydrogen) atoms. The Labute approximate surface area is 74.1 Å². The predicted octanol–water partition coefficient (Wildman–Crippen LogP) is 0.438. The van der Waals surface area contributed by atoms with E-state index in [0.717, 1.165) is 0 Å². The van der Waals surface area contributed by atoms with E-state index in [1.54, 1.807) is 0 Å². The van der Waals surface area contributed by atoms with Gasteiger partial charge in [0.25, 0.3) is 0 Å². The van der Waals surface area contributed by atoms with Crippen LogP contribution in [0.5, 0.6) is 0 Å². The molecule has 0 bridgehead atoms. The van der Waals surface area contributed by atoms with Crippen LogP contribution in [0.4, 0.5) is 9.59 Å². The van der Waals surface area contributed by atoms with Crippen LogP contribution in [-0.2, 0) is 18.9 Å². The molecule has 0 aromatic carbocycles.